The monoisotopic (exact) mass is 528 g/mol. The molecule has 1 atom stereocenters. The van der Waals surface area contributed by atoms with E-state index in [1.165, 1.54) is 0 Å². The van der Waals surface area contributed by atoms with Gasteiger partial charge in [0.25, 0.3) is 5.91 Å². The number of nitrogens with one attached hydrogen (secondary N) is 1. The summed E-state index contributed by atoms with van der Waals surface area (Å²) in [5, 5.41) is 3.27. The van der Waals surface area contributed by atoms with Crippen molar-refractivity contribution in [1.29, 1.82) is 0 Å². The number of rotatable bonds is 9. The van der Waals surface area contributed by atoms with Crippen molar-refractivity contribution in [1.82, 2.24) is 10.2 Å². The number of ether oxygens (including phenoxy) is 1. The minimum atomic E-state index is -0.691. The van der Waals surface area contributed by atoms with Gasteiger partial charge >= 0.3 is 0 Å². The SMILES string of the molecule is CNC(=O)[C@H](Cc1ccccc1)N(Cc1ccc(C)cc1)C(=O)COc1ccc(Cl)cc1Br. The van der Waals surface area contributed by atoms with Gasteiger partial charge < -0.3 is 15.0 Å². The topological polar surface area (TPSA) is 58.6 Å². The summed E-state index contributed by atoms with van der Waals surface area (Å²) < 4.78 is 6.43. The Balaban J connectivity index is 1.87. The molecule has 0 saturated heterocycles. The third kappa shape index (κ3) is 7.07. The fraction of sp³-hybridized carbons (Fsp3) is 0.231. The molecule has 0 bridgehead atoms. The number of benzene rings is 3. The van der Waals surface area contributed by atoms with Crippen molar-refractivity contribution in [3.8, 4) is 5.75 Å². The van der Waals surface area contributed by atoms with Crippen LogP contribution in [0.1, 0.15) is 16.7 Å². The molecule has 0 aliphatic carbocycles. The average Bonchev–Trinajstić information content (AvgIpc) is 2.82. The highest BCUT2D eigenvalue weighted by molar-refractivity contribution is 9.10. The van der Waals surface area contributed by atoms with Crippen LogP contribution >= 0.6 is 27.5 Å². The van der Waals surface area contributed by atoms with Gasteiger partial charge in [-0.1, -0.05) is 71.8 Å². The molecule has 0 aliphatic heterocycles. The van der Waals surface area contributed by atoms with Crippen molar-refractivity contribution < 1.29 is 14.3 Å². The molecule has 0 saturated carbocycles. The molecule has 0 radical (unpaired) electrons. The average molecular weight is 530 g/mol. The van der Waals surface area contributed by atoms with Gasteiger partial charge in [0.1, 0.15) is 11.8 Å². The Labute approximate surface area is 207 Å². The lowest BCUT2D eigenvalue weighted by atomic mass is 10.0. The van der Waals surface area contributed by atoms with E-state index in [9.17, 15) is 9.59 Å². The van der Waals surface area contributed by atoms with Gasteiger partial charge in [-0.15, -0.1) is 0 Å². The van der Waals surface area contributed by atoms with Crippen LogP contribution in [0.25, 0.3) is 0 Å². The lowest BCUT2D eigenvalue weighted by molar-refractivity contribution is -0.142. The van der Waals surface area contributed by atoms with Crippen molar-refractivity contribution >= 4 is 39.3 Å². The molecule has 0 heterocycles. The molecule has 0 unspecified atom stereocenters. The van der Waals surface area contributed by atoms with E-state index in [0.29, 0.717) is 21.7 Å². The highest BCUT2D eigenvalue weighted by atomic mass is 79.9. The number of carbonyl (C=O) groups excluding carboxylic acids is 2. The predicted molar refractivity (Wildman–Crippen MR) is 134 cm³/mol. The van der Waals surface area contributed by atoms with Crippen LogP contribution in [0.5, 0.6) is 5.75 Å². The molecule has 3 aromatic carbocycles. The Hall–Kier alpha value is -2.83. The summed E-state index contributed by atoms with van der Waals surface area (Å²) in [4.78, 5) is 27.9. The van der Waals surface area contributed by atoms with Crippen LogP contribution in [0.15, 0.2) is 77.3 Å². The molecule has 0 spiro atoms. The van der Waals surface area contributed by atoms with Crippen molar-refractivity contribution in [3.63, 3.8) is 0 Å². The number of aryl methyl sites for hydroxylation is 1. The van der Waals surface area contributed by atoms with Crippen molar-refractivity contribution in [2.45, 2.75) is 25.9 Å². The Kier molecular flexibility index (Phi) is 8.92. The van der Waals surface area contributed by atoms with Crippen LogP contribution in [0, 0.1) is 6.92 Å². The van der Waals surface area contributed by atoms with Crippen molar-refractivity contribution in [2.24, 2.45) is 0 Å². The zero-order chi connectivity index (χ0) is 23.8. The van der Waals surface area contributed by atoms with Gasteiger partial charge in [0.15, 0.2) is 6.61 Å². The maximum absolute atomic E-state index is 13.4. The van der Waals surface area contributed by atoms with Crippen LogP contribution in [0.4, 0.5) is 0 Å². The minimum Gasteiger partial charge on any atom is -0.483 e. The van der Waals surface area contributed by atoms with E-state index in [4.69, 9.17) is 16.3 Å². The minimum absolute atomic E-state index is 0.214. The quantitative estimate of drug-likeness (QED) is 0.416. The van der Waals surface area contributed by atoms with Gasteiger partial charge in [0.2, 0.25) is 5.91 Å². The summed E-state index contributed by atoms with van der Waals surface area (Å²) in [6.45, 7) is 2.08. The largest absolute Gasteiger partial charge is 0.483 e. The first-order valence-corrected chi connectivity index (χ1v) is 11.7. The van der Waals surface area contributed by atoms with Crippen molar-refractivity contribution in [2.75, 3.05) is 13.7 Å². The summed E-state index contributed by atoms with van der Waals surface area (Å²) in [6, 6.07) is 22.0. The summed E-state index contributed by atoms with van der Waals surface area (Å²) in [7, 11) is 1.58. The summed E-state index contributed by atoms with van der Waals surface area (Å²) >= 11 is 9.40. The summed E-state index contributed by atoms with van der Waals surface area (Å²) in [6.07, 6.45) is 0.392. The zero-order valence-corrected chi connectivity index (χ0v) is 20.9. The molecular weight excluding hydrogens is 504 g/mol. The molecule has 7 heteroatoms. The van der Waals surface area contributed by atoms with Gasteiger partial charge in [-0.05, 0) is 52.2 Å². The molecule has 0 aromatic heterocycles. The second-order valence-electron chi connectivity index (χ2n) is 7.69. The lowest BCUT2D eigenvalue weighted by Gasteiger charge is -2.31. The third-order valence-corrected chi connectivity index (χ3v) is 6.09. The smallest absolute Gasteiger partial charge is 0.261 e. The van der Waals surface area contributed by atoms with Gasteiger partial charge in [-0.2, -0.15) is 0 Å². The third-order valence-electron chi connectivity index (χ3n) is 5.24. The highest BCUT2D eigenvalue weighted by Gasteiger charge is 2.30. The summed E-state index contributed by atoms with van der Waals surface area (Å²) in [5.74, 6) is -0.0171. The Bertz CT molecular complexity index is 1090. The molecular formula is C26H26BrClN2O3. The van der Waals surface area contributed by atoms with Crippen LogP contribution in [0.3, 0.4) is 0 Å². The number of likely N-dealkylation sites (N-methyl/N-ethyl adjacent to an activating group) is 1. The number of hydrogen-bond donors (Lipinski definition) is 1. The Morgan fingerprint density at radius 1 is 1.03 bits per heavy atom. The fourth-order valence-corrected chi connectivity index (χ4v) is 4.22. The van der Waals surface area contributed by atoms with E-state index in [1.807, 2.05) is 61.5 Å². The molecule has 33 heavy (non-hydrogen) atoms. The van der Waals surface area contributed by atoms with E-state index < -0.39 is 6.04 Å². The molecule has 1 N–H and O–H groups in total. The van der Waals surface area contributed by atoms with Crippen LogP contribution in [-0.4, -0.2) is 36.4 Å². The van der Waals surface area contributed by atoms with Crippen LogP contribution < -0.4 is 10.1 Å². The predicted octanol–water partition coefficient (Wildman–Crippen LogP) is 5.18. The molecule has 0 aliphatic rings. The van der Waals surface area contributed by atoms with Crippen molar-refractivity contribution in [3.05, 3.63) is 99.0 Å². The number of halogens is 2. The molecule has 3 aromatic rings. The number of amides is 2. The molecule has 172 valence electrons. The maximum Gasteiger partial charge on any atom is 0.261 e. The van der Waals surface area contributed by atoms with E-state index >= 15 is 0 Å². The van der Waals surface area contributed by atoms with E-state index in [1.54, 1.807) is 30.1 Å². The number of carbonyl (C=O) groups is 2. The first kappa shape index (κ1) is 24.8. The molecule has 5 nitrogen and oxygen atoms in total. The lowest BCUT2D eigenvalue weighted by Crippen LogP contribution is -2.51. The first-order valence-electron chi connectivity index (χ1n) is 10.6. The summed E-state index contributed by atoms with van der Waals surface area (Å²) in [5.41, 5.74) is 3.03. The van der Waals surface area contributed by atoms with E-state index in [2.05, 4.69) is 21.2 Å². The number of nitrogens with zero attached hydrogens (tertiary/aromatic N) is 1. The van der Waals surface area contributed by atoms with E-state index in [0.717, 1.165) is 16.7 Å². The van der Waals surface area contributed by atoms with E-state index in [-0.39, 0.29) is 25.0 Å². The fourth-order valence-electron chi connectivity index (χ4n) is 3.43. The molecule has 3 rings (SSSR count). The second kappa shape index (κ2) is 11.9. The normalized spacial score (nSPS) is 11.5. The van der Waals surface area contributed by atoms with Gasteiger partial charge in [-0.3, -0.25) is 9.59 Å². The van der Waals surface area contributed by atoms with Gasteiger partial charge in [0.05, 0.1) is 4.47 Å². The van der Waals surface area contributed by atoms with Crippen LogP contribution in [0.2, 0.25) is 5.02 Å². The maximum atomic E-state index is 13.4. The van der Waals surface area contributed by atoms with Gasteiger partial charge in [0, 0.05) is 25.0 Å². The van der Waals surface area contributed by atoms with Gasteiger partial charge in [-0.25, -0.2) is 0 Å². The first-order chi connectivity index (χ1) is 15.9. The second-order valence-corrected chi connectivity index (χ2v) is 8.98. The Morgan fingerprint density at radius 2 is 1.73 bits per heavy atom. The number of hydrogen-bond acceptors (Lipinski definition) is 3. The Morgan fingerprint density at radius 3 is 2.36 bits per heavy atom. The molecule has 2 amide bonds. The zero-order valence-electron chi connectivity index (χ0n) is 18.6. The van der Waals surface area contributed by atoms with Crippen LogP contribution in [-0.2, 0) is 22.6 Å². The highest BCUT2D eigenvalue weighted by Crippen LogP contribution is 2.28. The standard InChI is InChI=1S/C26H26BrClN2O3/c1-18-8-10-20(11-9-18)16-30(23(26(32)29-2)14-19-6-4-3-5-7-19)25(31)17-33-24-13-12-21(28)15-22(24)27/h3-13,15,23H,14,16-17H2,1-2H3,(H,29,32)/t23-/m0/s1. The molecule has 0 fully saturated rings.